The Labute approximate surface area is 172 Å². The molecule has 2 saturated heterocycles. The summed E-state index contributed by atoms with van der Waals surface area (Å²) in [5.41, 5.74) is 0.756. The van der Waals surface area contributed by atoms with Crippen molar-refractivity contribution >= 4 is 0 Å². The Morgan fingerprint density at radius 3 is 2.10 bits per heavy atom. The van der Waals surface area contributed by atoms with Crippen LogP contribution in [-0.2, 0) is 25.6 Å². The minimum absolute atomic E-state index is 0.0136. The lowest BCUT2D eigenvalue weighted by molar-refractivity contribution is -0.388. The van der Waals surface area contributed by atoms with Gasteiger partial charge in [-0.15, -0.1) is 0 Å². The lowest BCUT2D eigenvalue weighted by atomic mass is 9.98. The summed E-state index contributed by atoms with van der Waals surface area (Å²) in [7, 11) is 0. The molecule has 3 rings (SSSR count). The first-order valence-corrected chi connectivity index (χ1v) is 9.58. The van der Waals surface area contributed by atoms with Gasteiger partial charge in [0.1, 0.15) is 49.3 Å². The van der Waals surface area contributed by atoms with Crippen molar-refractivity contribution in [2.45, 2.75) is 61.4 Å². The molecule has 0 radical (unpaired) electrons. The predicted octanol–water partition coefficient (Wildman–Crippen LogP) is -3.17. The van der Waals surface area contributed by atoms with Crippen molar-refractivity contribution in [2.24, 2.45) is 0 Å². The van der Waals surface area contributed by atoms with Crippen LogP contribution in [0.4, 0.5) is 0 Å². The number of hydrogen-bond donors (Lipinski definition) is 7. The molecule has 0 saturated carbocycles. The first-order valence-electron chi connectivity index (χ1n) is 9.58. The normalized spacial score (nSPS) is 41.8. The SMILES string of the molecule is OC[C@H]1O[C@@](CO)(O[C@H]2O[C@H](CO)[C@@H](O)[C@H](O)[C@H]2OCc2ccccc2)[C@@H](O)[C@@H]1O. The molecule has 9 atom stereocenters. The fraction of sp³-hybridized carbons (Fsp3) is 0.684. The molecule has 2 aliphatic heterocycles. The van der Waals surface area contributed by atoms with Gasteiger partial charge in [0.2, 0.25) is 5.79 Å². The number of benzene rings is 1. The van der Waals surface area contributed by atoms with Gasteiger partial charge in [-0.05, 0) is 5.56 Å². The van der Waals surface area contributed by atoms with Crippen LogP contribution in [0.2, 0.25) is 0 Å². The van der Waals surface area contributed by atoms with Gasteiger partial charge in [-0.2, -0.15) is 0 Å². The lowest BCUT2D eigenvalue weighted by Crippen LogP contribution is -2.63. The maximum Gasteiger partial charge on any atom is 0.224 e. The summed E-state index contributed by atoms with van der Waals surface area (Å²) in [6.07, 6.45) is -11.6. The van der Waals surface area contributed by atoms with Gasteiger partial charge in [-0.25, -0.2) is 0 Å². The predicted molar refractivity (Wildman–Crippen MR) is 97.7 cm³/mol. The molecule has 1 aromatic carbocycles. The fourth-order valence-corrected chi connectivity index (χ4v) is 3.56. The van der Waals surface area contributed by atoms with E-state index >= 15 is 0 Å². The van der Waals surface area contributed by atoms with Gasteiger partial charge in [0.15, 0.2) is 6.29 Å². The molecular weight excluding hydrogens is 404 g/mol. The summed E-state index contributed by atoms with van der Waals surface area (Å²) in [6.45, 7) is -2.21. The van der Waals surface area contributed by atoms with Gasteiger partial charge in [0.05, 0.1) is 19.8 Å². The van der Waals surface area contributed by atoms with Gasteiger partial charge in [-0.1, -0.05) is 30.3 Å². The minimum Gasteiger partial charge on any atom is -0.394 e. The molecule has 0 aromatic heterocycles. The maximum atomic E-state index is 10.5. The quantitative estimate of drug-likeness (QED) is 0.220. The molecule has 2 heterocycles. The van der Waals surface area contributed by atoms with Crippen LogP contribution in [0.5, 0.6) is 0 Å². The molecule has 2 aliphatic rings. The molecule has 11 heteroatoms. The van der Waals surface area contributed by atoms with Gasteiger partial charge < -0.3 is 54.7 Å². The van der Waals surface area contributed by atoms with Crippen LogP contribution in [-0.4, -0.2) is 110 Å². The number of ether oxygens (including phenoxy) is 4. The Balaban J connectivity index is 1.82. The largest absolute Gasteiger partial charge is 0.394 e. The van der Waals surface area contributed by atoms with E-state index in [2.05, 4.69) is 0 Å². The number of aliphatic hydroxyl groups excluding tert-OH is 7. The van der Waals surface area contributed by atoms with E-state index < -0.39 is 74.6 Å². The molecule has 7 N–H and O–H groups in total. The zero-order chi connectivity index (χ0) is 21.9. The average Bonchev–Trinajstić information content (AvgIpc) is 3.01. The third-order valence-electron chi connectivity index (χ3n) is 5.33. The summed E-state index contributed by atoms with van der Waals surface area (Å²) >= 11 is 0. The Hall–Kier alpha value is -1.22. The second-order valence-electron chi connectivity index (χ2n) is 7.33. The van der Waals surface area contributed by atoms with E-state index in [1.807, 2.05) is 6.07 Å². The zero-order valence-corrected chi connectivity index (χ0v) is 16.1. The Kier molecular flexibility index (Phi) is 7.76. The third kappa shape index (κ3) is 4.52. The molecule has 30 heavy (non-hydrogen) atoms. The number of hydrogen-bond acceptors (Lipinski definition) is 11. The van der Waals surface area contributed by atoms with Gasteiger partial charge in [-0.3, -0.25) is 0 Å². The minimum atomic E-state index is -2.19. The molecule has 11 nitrogen and oxygen atoms in total. The Morgan fingerprint density at radius 1 is 0.867 bits per heavy atom. The van der Waals surface area contributed by atoms with Crippen LogP contribution < -0.4 is 0 Å². The molecule has 170 valence electrons. The van der Waals surface area contributed by atoms with Crippen LogP contribution >= 0.6 is 0 Å². The third-order valence-corrected chi connectivity index (χ3v) is 5.33. The Morgan fingerprint density at radius 2 is 1.53 bits per heavy atom. The lowest BCUT2D eigenvalue weighted by Gasteiger charge is -2.44. The summed E-state index contributed by atoms with van der Waals surface area (Å²) in [5, 5.41) is 69.7. The molecular formula is C19H28O11. The standard InChI is InChI=1S/C19H28O11/c20-6-11-13(23)15(25)16(27-8-10-4-2-1-3-5-10)18(28-11)30-19(9-22)17(26)14(24)12(7-21)29-19/h1-5,11-18,20-26H,6-9H2/t11-,12-,13-,14-,15+,16-,17+,18-,19+/m1/s1. The van der Waals surface area contributed by atoms with Crippen molar-refractivity contribution in [3.63, 3.8) is 0 Å². The van der Waals surface area contributed by atoms with Gasteiger partial charge >= 0.3 is 0 Å². The molecule has 0 amide bonds. The molecule has 0 spiro atoms. The second-order valence-corrected chi connectivity index (χ2v) is 7.33. The highest BCUT2D eigenvalue weighted by Crippen LogP contribution is 2.36. The van der Waals surface area contributed by atoms with Crippen LogP contribution in [0.1, 0.15) is 5.56 Å². The summed E-state index contributed by atoms with van der Waals surface area (Å²) < 4.78 is 22.2. The smallest absolute Gasteiger partial charge is 0.224 e. The summed E-state index contributed by atoms with van der Waals surface area (Å²) in [4.78, 5) is 0. The first-order chi connectivity index (χ1) is 14.4. The second kappa shape index (κ2) is 9.94. The van der Waals surface area contributed by atoms with E-state index in [0.717, 1.165) is 5.56 Å². The van der Waals surface area contributed by atoms with Crippen molar-refractivity contribution in [1.29, 1.82) is 0 Å². The van der Waals surface area contributed by atoms with Crippen LogP contribution in [0.3, 0.4) is 0 Å². The highest BCUT2D eigenvalue weighted by molar-refractivity contribution is 5.13. The van der Waals surface area contributed by atoms with Crippen molar-refractivity contribution < 1.29 is 54.7 Å². The van der Waals surface area contributed by atoms with Crippen molar-refractivity contribution in [2.75, 3.05) is 19.8 Å². The number of aliphatic hydroxyl groups is 7. The van der Waals surface area contributed by atoms with Crippen molar-refractivity contribution in [3.8, 4) is 0 Å². The first kappa shape index (κ1) is 23.4. The molecule has 2 fully saturated rings. The Bertz CT molecular complexity index is 661. The van der Waals surface area contributed by atoms with E-state index in [0.29, 0.717) is 0 Å². The molecule has 0 unspecified atom stereocenters. The highest BCUT2D eigenvalue weighted by atomic mass is 16.8. The highest BCUT2D eigenvalue weighted by Gasteiger charge is 2.58. The van der Waals surface area contributed by atoms with Gasteiger partial charge in [0, 0.05) is 0 Å². The van der Waals surface area contributed by atoms with Crippen molar-refractivity contribution in [1.82, 2.24) is 0 Å². The average molecular weight is 432 g/mol. The molecule has 0 bridgehead atoms. The number of rotatable bonds is 8. The van der Waals surface area contributed by atoms with Crippen molar-refractivity contribution in [3.05, 3.63) is 35.9 Å². The van der Waals surface area contributed by atoms with E-state index in [4.69, 9.17) is 18.9 Å². The summed E-state index contributed by atoms with van der Waals surface area (Å²) in [5.74, 6) is -2.19. The van der Waals surface area contributed by atoms with E-state index in [1.165, 1.54) is 0 Å². The van der Waals surface area contributed by atoms with E-state index in [1.54, 1.807) is 24.3 Å². The zero-order valence-electron chi connectivity index (χ0n) is 16.1. The van der Waals surface area contributed by atoms with Crippen LogP contribution in [0, 0.1) is 0 Å². The topological polar surface area (TPSA) is 179 Å². The summed E-state index contributed by atoms with van der Waals surface area (Å²) in [6, 6.07) is 8.95. The molecule has 0 aliphatic carbocycles. The maximum absolute atomic E-state index is 10.5. The van der Waals surface area contributed by atoms with Crippen LogP contribution in [0.25, 0.3) is 0 Å². The van der Waals surface area contributed by atoms with E-state index in [9.17, 15) is 35.7 Å². The monoisotopic (exact) mass is 432 g/mol. The van der Waals surface area contributed by atoms with Crippen LogP contribution in [0.15, 0.2) is 30.3 Å². The van der Waals surface area contributed by atoms with Gasteiger partial charge in [0.25, 0.3) is 0 Å². The fourth-order valence-electron chi connectivity index (χ4n) is 3.56. The van der Waals surface area contributed by atoms with E-state index in [-0.39, 0.29) is 6.61 Å². The molecule has 1 aromatic rings.